The number of hydrogen-bond donors (Lipinski definition) is 0. The molecular formula is C15H26O4. The fourth-order valence-electron chi connectivity index (χ4n) is 2.88. The standard InChI is InChI=1S/C15H26O4/c1-2-3-4-5-6-7-12-16-18-19-17-15-10-8-14(13-15)9-11-15/h8,10,14H,2-7,9,11-13H2,1H3. The molecule has 0 heterocycles. The van der Waals surface area contributed by atoms with Crippen LogP contribution in [0.15, 0.2) is 12.2 Å². The maximum Gasteiger partial charge on any atom is 0.125 e. The minimum absolute atomic E-state index is 0.256. The van der Waals surface area contributed by atoms with Gasteiger partial charge in [0.2, 0.25) is 0 Å². The highest BCUT2D eigenvalue weighted by Crippen LogP contribution is 2.44. The maximum atomic E-state index is 5.31. The molecule has 0 saturated heterocycles. The Balaban J connectivity index is 1.38. The van der Waals surface area contributed by atoms with Gasteiger partial charge in [-0.25, -0.2) is 4.89 Å². The Labute approximate surface area is 115 Å². The van der Waals surface area contributed by atoms with Crippen molar-refractivity contribution in [1.82, 2.24) is 0 Å². The summed E-state index contributed by atoms with van der Waals surface area (Å²) in [5.74, 6) is 0.660. The van der Waals surface area contributed by atoms with Crippen LogP contribution < -0.4 is 0 Å². The lowest BCUT2D eigenvalue weighted by Gasteiger charge is -2.20. The lowest BCUT2D eigenvalue weighted by Crippen LogP contribution is -2.25. The van der Waals surface area contributed by atoms with Gasteiger partial charge in [0.15, 0.2) is 0 Å². The predicted octanol–water partition coefficient (Wildman–Crippen LogP) is 4.27. The molecule has 1 saturated carbocycles. The molecule has 19 heavy (non-hydrogen) atoms. The van der Waals surface area contributed by atoms with Gasteiger partial charge in [-0.3, -0.25) is 0 Å². The van der Waals surface area contributed by atoms with Crippen LogP contribution >= 0.6 is 0 Å². The first-order valence-corrected chi connectivity index (χ1v) is 7.68. The van der Waals surface area contributed by atoms with Crippen molar-refractivity contribution in [3.05, 3.63) is 12.2 Å². The van der Waals surface area contributed by atoms with E-state index in [1.807, 2.05) is 0 Å². The second kappa shape index (κ2) is 8.00. The summed E-state index contributed by atoms with van der Waals surface area (Å²) in [6.07, 6.45) is 14.8. The van der Waals surface area contributed by atoms with E-state index in [1.54, 1.807) is 0 Å². The topological polar surface area (TPSA) is 36.9 Å². The number of rotatable bonds is 11. The Morgan fingerprint density at radius 1 is 1.11 bits per heavy atom. The third-order valence-electron chi connectivity index (χ3n) is 4.08. The fourth-order valence-corrected chi connectivity index (χ4v) is 2.88. The zero-order valence-corrected chi connectivity index (χ0v) is 11.9. The molecule has 4 nitrogen and oxygen atoms in total. The van der Waals surface area contributed by atoms with Crippen molar-refractivity contribution in [3.63, 3.8) is 0 Å². The van der Waals surface area contributed by atoms with Crippen LogP contribution in [-0.2, 0) is 19.9 Å². The minimum atomic E-state index is -0.256. The van der Waals surface area contributed by atoms with E-state index in [0.717, 1.165) is 19.3 Å². The monoisotopic (exact) mass is 270 g/mol. The molecule has 2 aliphatic carbocycles. The second-order valence-corrected chi connectivity index (χ2v) is 5.74. The summed E-state index contributed by atoms with van der Waals surface area (Å²) in [6.45, 7) is 2.78. The second-order valence-electron chi connectivity index (χ2n) is 5.74. The van der Waals surface area contributed by atoms with Gasteiger partial charge in [0, 0.05) is 0 Å². The van der Waals surface area contributed by atoms with E-state index in [1.165, 1.54) is 38.5 Å². The van der Waals surface area contributed by atoms with E-state index in [9.17, 15) is 0 Å². The Hall–Kier alpha value is -0.420. The quantitative estimate of drug-likeness (QED) is 0.243. The van der Waals surface area contributed by atoms with Crippen LogP contribution in [-0.4, -0.2) is 12.2 Å². The summed E-state index contributed by atoms with van der Waals surface area (Å²) in [5, 5.41) is 9.32. The summed E-state index contributed by atoms with van der Waals surface area (Å²) in [5.41, 5.74) is -0.256. The van der Waals surface area contributed by atoms with Crippen molar-refractivity contribution < 1.29 is 19.9 Å². The van der Waals surface area contributed by atoms with Crippen LogP contribution in [0.25, 0.3) is 0 Å². The Morgan fingerprint density at radius 2 is 1.95 bits per heavy atom. The summed E-state index contributed by atoms with van der Waals surface area (Å²) in [6, 6.07) is 0. The number of hydrogen-bond acceptors (Lipinski definition) is 4. The van der Waals surface area contributed by atoms with Crippen molar-refractivity contribution >= 4 is 0 Å². The van der Waals surface area contributed by atoms with Gasteiger partial charge in [0.25, 0.3) is 0 Å². The first-order valence-electron chi connectivity index (χ1n) is 7.68. The normalized spacial score (nSPS) is 28.4. The van der Waals surface area contributed by atoms with Crippen molar-refractivity contribution in [2.24, 2.45) is 5.92 Å². The van der Waals surface area contributed by atoms with Gasteiger partial charge in [-0.2, -0.15) is 4.89 Å². The molecule has 1 fully saturated rings. The fraction of sp³-hybridized carbons (Fsp3) is 0.867. The molecular weight excluding hydrogens is 244 g/mol. The zero-order valence-electron chi connectivity index (χ0n) is 11.9. The van der Waals surface area contributed by atoms with Gasteiger partial charge in [-0.1, -0.05) is 51.2 Å². The first kappa shape index (κ1) is 15.0. The average molecular weight is 270 g/mol. The molecule has 2 rings (SSSR count). The van der Waals surface area contributed by atoms with E-state index < -0.39 is 0 Å². The highest BCUT2D eigenvalue weighted by Gasteiger charge is 2.43. The van der Waals surface area contributed by atoms with Gasteiger partial charge in [0.05, 0.1) is 6.61 Å². The third kappa shape index (κ3) is 4.88. The summed E-state index contributed by atoms with van der Waals surface area (Å²) in [7, 11) is 0. The van der Waals surface area contributed by atoms with E-state index in [4.69, 9.17) is 14.8 Å². The number of unbranched alkanes of at least 4 members (excludes halogenated alkanes) is 5. The maximum absolute atomic E-state index is 5.31. The van der Waals surface area contributed by atoms with Gasteiger partial charge < -0.3 is 0 Å². The highest BCUT2D eigenvalue weighted by molar-refractivity contribution is 5.17. The van der Waals surface area contributed by atoms with Gasteiger partial charge in [0.1, 0.15) is 5.60 Å². The average Bonchev–Trinajstić information content (AvgIpc) is 3.02. The summed E-state index contributed by atoms with van der Waals surface area (Å²) < 4.78 is 0. The molecule has 0 N–H and O–H groups in total. The summed E-state index contributed by atoms with van der Waals surface area (Å²) >= 11 is 0. The van der Waals surface area contributed by atoms with Crippen molar-refractivity contribution in [3.8, 4) is 0 Å². The molecule has 0 aromatic carbocycles. The lowest BCUT2D eigenvalue weighted by atomic mass is 10.0. The molecule has 0 aliphatic heterocycles. The molecule has 2 aliphatic rings. The molecule has 4 heteroatoms. The van der Waals surface area contributed by atoms with Gasteiger partial charge >= 0.3 is 0 Å². The van der Waals surface area contributed by atoms with Gasteiger partial charge in [-0.15, -0.1) is 0 Å². The Bertz CT molecular complexity index is 279. The molecule has 2 unspecified atom stereocenters. The van der Waals surface area contributed by atoms with Gasteiger partial charge in [-0.05, 0) is 41.7 Å². The van der Waals surface area contributed by atoms with E-state index in [2.05, 4.69) is 24.1 Å². The lowest BCUT2D eigenvalue weighted by molar-refractivity contribution is -0.648. The van der Waals surface area contributed by atoms with Crippen LogP contribution in [0.4, 0.5) is 0 Å². The van der Waals surface area contributed by atoms with Crippen LogP contribution in [0.2, 0.25) is 0 Å². The van der Waals surface area contributed by atoms with E-state index in [0.29, 0.717) is 12.5 Å². The minimum Gasteiger partial charge on any atom is -0.204 e. The van der Waals surface area contributed by atoms with E-state index in [-0.39, 0.29) is 5.60 Å². The zero-order chi connectivity index (χ0) is 13.4. The third-order valence-corrected chi connectivity index (χ3v) is 4.08. The van der Waals surface area contributed by atoms with Crippen LogP contribution in [0, 0.1) is 5.92 Å². The van der Waals surface area contributed by atoms with Crippen molar-refractivity contribution in [1.29, 1.82) is 0 Å². The SMILES string of the molecule is CCCCCCCCOOOOC12C=CC(CC1)C2. The molecule has 2 bridgehead atoms. The molecule has 0 spiro atoms. The van der Waals surface area contributed by atoms with Crippen LogP contribution in [0.5, 0.6) is 0 Å². The molecule has 110 valence electrons. The Kier molecular flexibility index (Phi) is 6.31. The predicted molar refractivity (Wildman–Crippen MR) is 71.8 cm³/mol. The first-order chi connectivity index (χ1) is 9.35. The van der Waals surface area contributed by atoms with Crippen LogP contribution in [0.1, 0.15) is 64.7 Å². The number of fused-ring (bicyclic) bond motifs is 2. The molecule has 0 radical (unpaired) electrons. The Morgan fingerprint density at radius 3 is 2.63 bits per heavy atom. The van der Waals surface area contributed by atoms with Crippen molar-refractivity contribution in [2.75, 3.05) is 6.61 Å². The molecule has 2 atom stereocenters. The molecule has 0 aromatic rings. The molecule has 0 amide bonds. The molecule has 0 aromatic heterocycles. The highest BCUT2D eigenvalue weighted by atomic mass is 17.7. The smallest absolute Gasteiger partial charge is 0.125 e. The van der Waals surface area contributed by atoms with E-state index >= 15 is 0 Å². The largest absolute Gasteiger partial charge is 0.204 e. The van der Waals surface area contributed by atoms with Crippen LogP contribution in [0.3, 0.4) is 0 Å². The van der Waals surface area contributed by atoms with Crippen molar-refractivity contribution in [2.45, 2.75) is 70.3 Å². The summed E-state index contributed by atoms with van der Waals surface area (Å²) in [4.78, 5) is 10.2. The number of allylic oxidation sites excluding steroid dienone is 1.